The van der Waals surface area contributed by atoms with Crippen molar-refractivity contribution in [2.24, 2.45) is 11.3 Å². The molecule has 0 aromatic carbocycles. The first-order valence-electron chi connectivity index (χ1n) is 5.47. The smallest absolute Gasteiger partial charge is 0.165 e. The summed E-state index contributed by atoms with van der Waals surface area (Å²) in [5.41, 5.74) is -0.0729. The van der Waals surface area contributed by atoms with Crippen LogP contribution in [0, 0.1) is 11.3 Å². The van der Waals surface area contributed by atoms with Crippen molar-refractivity contribution in [3.63, 3.8) is 0 Å². The highest BCUT2D eigenvalue weighted by Gasteiger charge is 2.51. The Bertz CT molecular complexity index is 405. The molecule has 3 nitrogen and oxygen atoms in total. The van der Waals surface area contributed by atoms with Gasteiger partial charge in [0.25, 0.3) is 0 Å². The first-order valence-corrected chi connectivity index (χ1v) is 5.47. The van der Waals surface area contributed by atoms with Gasteiger partial charge in [0.05, 0.1) is 12.0 Å². The topological polar surface area (TPSA) is 43.4 Å². The third-order valence-electron chi connectivity index (χ3n) is 3.74. The molecule has 0 N–H and O–H groups in total. The number of rotatable bonds is 1. The van der Waals surface area contributed by atoms with E-state index in [-0.39, 0.29) is 23.6 Å². The van der Waals surface area contributed by atoms with Gasteiger partial charge in [-0.1, -0.05) is 19.1 Å². The van der Waals surface area contributed by atoms with Gasteiger partial charge in [0, 0.05) is 12.5 Å². The third kappa shape index (κ3) is 1.39. The van der Waals surface area contributed by atoms with E-state index in [0.717, 1.165) is 0 Å². The Kier molecular flexibility index (Phi) is 2.58. The van der Waals surface area contributed by atoms with Crippen LogP contribution in [0.5, 0.6) is 0 Å². The molecule has 2 rings (SSSR count). The van der Waals surface area contributed by atoms with Gasteiger partial charge in [-0.05, 0) is 25.0 Å². The van der Waals surface area contributed by atoms with E-state index >= 15 is 0 Å². The van der Waals surface area contributed by atoms with E-state index in [0.29, 0.717) is 12.0 Å². The number of carbonyl (C=O) groups is 2. The standard InChI is InChI=1S/C13H16O3/c1-8-7-10(14)13(2)6-4-5-9(16-3)11(13)12(8)15/h4-5,7,9,11H,6H2,1-3H3/t9-,11?,13-/m0/s1. The Hall–Kier alpha value is -1.22. The van der Waals surface area contributed by atoms with Crippen LogP contribution in [-0.4, -0.2) is 24.8 Å². The van der Waals surface area contributed by atoms with Gasteiger partial charge in [-0.25, -0.2) is 0 Å². The van der Waals surface area contributed by atoms with Crippen molar-refractivity contribution < 1.29 is 14.3 Å². The molecule has 0 fully saturated rings. The van der Waals surface area contributed by atoms with Gasteiger partial charge in [-0.3, -0.25) is 9.59 Å². The second-order valence-electron chi connectivity index (χ2n) is 4.78. The van der Waals surface area contributed by atoms with Crippen LogP contribution in [0.3, 0.4) is 0 Å². The van der Waals surface area contributed by atoms with Gasteiger partial charge in [-0.15, -0.1) is 0 Å². The van der Waals surface area contributed by atoms with Crippen molar-refractivity contribution in [2.75, 3.05) is 7.11 Å². The monoisotopic (exact) mass is 220 g/mol. The molecule has 0 heterocycles. The van der Waals surface area contributed by atoms with Gasteiger partial charge in [0.15, 0.2) is 11.6 Å². The van der Waals surface area contributed by atoms with Gasteiger partial charge in [0.2, 0.25) is 0 Å². The average Bonchev–Trinajstić information content (AvgIpc) is 2.25. The summed E-state index contributed by atoms with van der Waals surface area (Å²) in [6, 6.07) is 0. The SMILES string of the molecule is CO[C@H]1C=CC[C@@]2(C)C(=O)C=C(C)C(=O)C12. The Morgan fingerprint density at radius 3 is 2.75 bits per heavy atom. The number of methoxy groups -OCH3 is 1. The molecule has 2 aliphatic carbocycles. The molecule has 3 heteroatoms. The van der Waals surface area contributed by atoms with Crippen LogP contribution in [-0.2, 0) is 14.3 Å². The molecule has 3 atom stereocenters. The number of fused-ring (bicyclic) bond motifs is 1. The zero-order valence-corrected chi connectivity index (χ0v) is 9.82. The second-order valence-corrected chi connectivity index (χ2v) is 4.78. The van der Waals surface area contributed by atoms with Crippen LogP contribution < -0.4 is 0 Å². The summed E-state index contributed by atoms with van der Waals surface area (Å²) < 4.78 is 5.31. The summed E-state index contributed by atoms with van der Waals surface area (Å²) in [5, 5.41) is 0. The van der Waals surface area contributed by atoms with Crippen molar-refractivity contribution in [2.45, 2.75) is 26.4 Å². The van der Waals surface area contributed by atoms with Crippen LogP contribution in [0.15, 0.2) is 23.8 Å². The Morgan fingerprint density at radius 2 is 2.12 bits per heavy atom. The van der Waals surface area contributed by atoms with Gasteiger partial charge >= 0.3 is 0 Å². The lowest BCUT2D eigenvalue weighted by Gasteiger charge is -2.42. The molecule has 16 heavy (non-hydrogen) atoms. The minimum atomic E-state index is -0.619. The highest BCUT2D eigenvalue weighted by atomic mass is 16.5. The fourth-order valence-electron chi connectivity index (χ4n) is 2.63. The van der Waals surface area contributed by atoms with Gasteiger partial charge in [-0.2, -0.15) is 0 Å². The van der Waals surface area contributed by atoms with Gasteiger partial charge < -0.3 is 4.74 Å². The number of ether oxygens (including phenoxy) is 1. The number of ketones is 2. The molecule has 0 aromatic rings. The molecule has 0 amide bonds. The second kappa shape index (κ2) is 3.67. The number of Topliss-reactive ketones (excluding diaryl/α,β-unsaturated/α-hetero) is 1. The fourth-order valence-corrected chi connectivity index (χ4v) is 2.63. The molecular weight excluding hydrogens is 204 g/mol. The van der Waals surface area contributed by atoms with Crippen molar-refractivity contribution in [1.29, 1.82) is 0 Å². The van der Waals surface area contributed by atoms with Crippen LogP contribution in [0.25, 0.3) is 0 Å². The molecule has 0 spiro atoms. The van der Waals surface area contributed by atoms with Gasteiger partial charge in [0.1, 0.15) is 0 Å². The van der Waals surface area contributed by atoms with E-state index in [2.05, 4.69) is 0 Å². The van der Waals surface area contributed by atoms with Crippen molar-refractivity contribution in [1.82, 2.24) is 0 Å². The van der Waals surface area contributed by atoms with Crippen molar-refractivity contribution in [3.05, 3.63) is 23.8 Å². The maximum absolute atomic E-state index is 12.1. The third-order valence-corrected chi connectivity index (χ3v) is 3.74. The largest absolute Gasteiger partial charge is 0.377 e. The number of hydrogen-bond acceptors (Lipinski definition) is 3. The van der Waals surface area contributed by atoms with E-state index in [9.17, 15) is 9.59 Å². The predicted molar refractivity (Wildman–Crippen MR) is 59.9 cm³/mol. The molecule has 0 saturated carbocycles. The maximum atomic E-state index is 12.1. The summed E-state index contributed by atoms with van der Waals surface area (Å²) in [6.45, 7) is 3.56. The molecule has 1 unspecified atom stereocenters. The lowest BCUT2D eigenvalue weighted by molar-refractivity contribution is -0.141. The summed E-state index contributed by atoms with van der Waals surface area (Å²) >= 11 is 0. The van der Waals surface area contributed by atoms with Crippen LogP contribution in [0.2, 0.25) is 0 Å². The first-order chi connectivity index (χ1) is 7.50. The molecular formula is C13H16O3. The Balaban J connectivity index is 2.51. The fraction of sp³-hybridized carbons (Fsp3) is 0.538. The molecule has 0 saturated heterocycles. The van der Waals surface area contributed by atoms with E-state index in [1.807, 2.05) is 19.1 Å². The minimum Gasteiger partial charge on any atom is -0.377 e. The van der Waals surface area contributed by atoms with E-state index < -0.39 is 5.41 Å². The lowest BCUT2D eigenvalue weighted by atomic mass is 9.61. The van der Waals surface area contributed by atoms with E-state index in [1.165, 1.54) is 6.08 Å². The highest BCUT2D eigenvalue weighted by Crippen LogP contribution is 2.44. The zero-order chi connectivity index (χ0) is 11.9. The van der Waals surface area contributed by atoms with Crippen LogP contribution >= 0.6 is 0 Å². The highest BCUT2D eigenvalue weighted by molar-refractivity contribution is 6.12. The lowest BCUT2D eigenvalue weighted by Crippen LogP contribution is -2.50. The molecule has 86 valence electrons. The molecule has 0 radical (unpaired) electrons. The van der Waals surface area contributed by atoms with Crippen LogP contribution in [0.1, 0.15) is 20.3 Å². The summed E-state index contributed by atoms with van der Waals surface area (Å²) in [6.07, 6.45) is 5.63. The number of carbonyl (C=O) groups excluding carboxylic acids is 2. The molecule has 0 aliphatic heterocycles. The zero-order valence-electron chi connectivity index (χ0n) is 9.82. The average molecular weight is 220 g/mol. The quantitative estimate of drug-likeness (QED) is 0.631. The minimum absolute atomic E-state index is 0.0401. The normalized spacial score (nSPS) is 38.3. The molecule has 0 aromatic heterocycles. The van der Waals surface area contributed by atoms with E-state index in [1.54, 1.807) is 14.0 Å². The summed E-state index contributed by atoms with van der Waals surface area (Å²) in [7, 11) is 1.58. The Morgan fingerprint density at radius 1 is 1.44 bits per heavy atom. The summed E-state index contributed by atoms with van der Waals surface area (Å²) in [4.78, 5) is 24.2. The van der Waals surface area contributed by atoms with Crippen LogP contribution in [0.4, 0.5) is 0 Å². The number of allylic oxidation sites excluding steroid dienone is 3. The first kappa shape index (κ1) is 11.3. The van der Waals surface area contributed by atoms with E-state index in [4.69, 9.17) is 4.74 Å². The molecule has 0 bridgehead atoms. The Labute approximate surface area is 95.2 Å². The maximum Gasteiger partial charge on any atom is 0.165 e. The summed E-state index contributed by atoms with van der Waals surface area (Å²) in [5.74, 6) is -0.278. The van der Waals surface area contributed by atoms with Crippen molar-refractivity contribution >= 4 is 11.6 Å². The predicted octanol–water partition coefficient (Wildman–Crippen LogP) is 1.68. The van der Waals surface area contributed by atoms with Crippen molar-refractivity contribution in [3.8, 4) is 0 Å². The molecule has 2 aliphatic rings. The number of hydrogen-bond donors (Lipinski definition) is 0.